The highest BCUT2D eigenvalue weighted by atomic mass is 35.5. The average molecular weight is 703 g/mol. The second-order valence-corrected chi connectivity index (χ2v) is 15.0. The molecule has 1 unspecified atom stereocenters. The molecule has 0 aromatic heterocycles. The molecule has 0 amide bonds. The predicted octanol–water partition coefficient (Wildman–Crippen LogP) is 12.9. The monoisotopic (exact) mass is 700 g/mol. The van der Waals surface area contributed by atoms with E-state index in [-0.39, 0.29) is 15.8 Å². The van der Waals surface area contributed by atoms with E-state index in [1.165, 1.54) is 89.2 Å². The molecule has 0 spiro atoms. The number of hydrogen-bond acceptors (Lipinski definition) is 3. The number of aromatic hydroxyl groups is 1. The fraction of sp³-hybridized carbons (Fsp3) is 0.471. The Bertz CT molecular complexity index is 1300. The number of hydrogen-bond donors (Lipinski definition) is 3. The smallest absolute Gasteiger partial charge is 0.287 e. The zero-order valence-corrected chi connectivity index (χ0v) is 29.4. The number of halogens is 4. The summed E-state index contributed by atoms with van der Waals surface area (Å²) in [6.45, 7) is 2.79. The van der Waals surface area contributed by atoms with Crippen molar-refractivity contribution in [3.05, 3.63) is 74.7 Å². The first-order valence-electron chi connectivity index (χ1n) is 15.8. The lowest BCUT2D eigenvalue weighted by atomic mass is 10.0. The van der Waals surface area contributed by atoms with E-state index in [9.17, 15) is 9.67 Å². The van der Waals surface area contributed by atoms with Gasteiger partial charge in [0, 0.05) is 11.4 Å². The molecule has 3 rings (SSSR count). The first-order chi connectivity index (χ1) is 21.2. The summed E-state index contributed by atoms with van der Waals surface area (Å²) in [7, 11) is -3.54. The summed E-state index contributed by atoms with van der Waals surface area (Å²) < 4.78 is 20.3. The zero-order valence-electron chi connectivity index (χ0n) is 25.5. The predicted molar refractivity (Wildman–Crippen MR) is 191 cm³/mol. The van der Waals surface area contributed by atoms with E-state index in [0.29, 0.717) is 39.1 Å². The van der Waals surface area contributed by atoms with Gasteiger partial charge in [-0.2, -0.15) is 0 Å². The van der Waals surface area contributed by atoms with Crippen LogP contribution in [0.25, 0.3) is 0 Å². The Hall–Kier alpha value is -1.75. The van der Waals surface area contributed by atoms with Crippen molar-refractivity contribution in [2.24, 2.45) is 0 Å². The first-order valence-corrected chi connectivity index (χ1v) is 19.0. The number of rotatable bonds is 21. The van der Waals surface area contributed by atoms with E-state index >= 15 is 0 Å². The molecule has 0 saturated heterocycles. The van der Waals surface area contributed by atoms with Gasteiger partial charge in [0.2, 0.25) is 0 Å². The molecule has 0 saturated carbocycles. The van der Waals surface area contributed by atoms with Gasteiger partial charge in [-0.15, -0.1) is 0 Å². The lowest BCUT2D eigenvalue weighted by Crippen LogP contribution is -2.18. The van der Waals surface area contributed by atoms with Gasteiger partial charge in [-0.3, -0.25) is 4.57 Å². The Labute approximate surface area is 283 Å². The minimum Gasteiger partial charge on any atom is -0.505 e. The van der Waals surface area contributed by atoms with Crippen LogP contribution >= 0.6 is 53.8 Å². The largest absolute Gasteiger partial charge is 0.505 e. The van der Waals surface area contributed by atoms with Crippen LogP contribution in [0, 0.1) is 0 Å². The van der Waals surface area contributed by atoms with Crippen LogP contribution in [0.5, 0.6) is 11.5 Å². The number of nitrogens with one attached hydrogen (secondary N) is 2. The molecule has 1 atom stereocenters. The van der Waals surface area contributed by atoms with Gasteiger partial charge in [-0.25, -0.2) is 0 Å². The third-order valence-electron chi connectivity index (χ3n) is 7.45. The quantitative estimate of drug-likeness (QED) is 0.0586. The van der Waals surface area contributed by atoms with E-state index < -0.39 is 7.44 Å². The van der Waals surface area contributed by atoms with Gasteiger partial charge in [0.05, 0.1) is 32.0 Å². The summed E-state index contributed by atoms with van der Waals surface area (Å²) in [5.41, 5.74) is 0.808. The molecule has 0 aliphatic rings. The summed E-state index contributed by atoms with van der Waals surface area (Å²) in [6, 6.07) is 15.1. The molecule has 0 radical (unpaired) electrons. The minimum absolute atomic E-state index is 0.0333. The number of benzene rings is 3. The van der Waals surface area contributed by atoms with Crippen molar-refractivity contribution in [3.8, 4) is 11.5 Å². The third-order valence-corrected chi connectivity index (χ3v) is 10.8. The Morgan fingerprint density at radius 3 is 1.50 bits per heavy atom. The maximum Gasteiger partial charge on any atom is 0.287 e. The number of anilines is 2. The molecule has 5 nitrogen and oxygen atoms in total. The second kappa shape index (κ2) is 19.7. The Morgan fingerprint density at radius 1 is 0.636 bits per heavy atom. The van der Waals surface area contributed by atoms with Crippen molar-refractivity contribution < 1.29 is 14.4 Å². The number of phenols is 1. The van der Waals surface area contributed by atoms with Crippen LogP contribution in [-0.4, -0.2) is 11.7 Å². The summed E-state index contributed by atoms with van der Waals surface area (Å²) in [4.78, 5) is 0. The third kappa shape index (κ3) is 12.2. The van der Waals surface area contributed by atoms with Gasteiger partial charge in [0.15, 0.2) is 11.5 Å². The highest BCUT2D eigenvalue weighted by Gasteiger charge is 2.26. The van der Waals surface area contributed by atoms with Crippen LogP contribution in [0.2, 0.25) is 20.1 Å². The van der Waals surface area contributed by atoms with E-state index in [2.05, 4.69) is 17.1 Å². The maximum atomic E-state index is 14.3. The van der Waals surface area contributed by atoms with Gasteiger partial charge in [0.1, 0.15) is 0 Å². The molecule has 0 fully saturated rings. The molecule has 0 bridgehead atoms. The van der Waals surface area contributed by atoms with E-state index in [4.69, 9.17) is 51.1 Å². The SMILES string of the molecule is CCCCCCCCCCCCCCCCOc1c(Cl)cc(NP(=O)(Nc2cc(Cl)c(O)c(Cl)c2)c2ccccc2)cc1Cl. The summed E-state index contributed by atoms with van der Waals surface area (Å²) in [6.07, 6.45) is 18.1. The Kier molecular flexibility index (Phi) is 16.4. The molecule has 44 heavy (non-hydrogen) atoms. The van der Waals surface area contributed by atoms with Crippen LogP contribution < -0.4 is 20.2 Å². The molecule has 0 aliphatic heterocycles. The van der Waals surface area contributed by atoms with Gasteiger partial charge >= 0.3 is 0 Å². The van der Waals surface area contributed by atoms with Gasteiger partial charge in [-0.05, 0) is 42.8 Å². The van der Waals surface area contributed by atoms with Crippen LogP contribution in [0.15, 0.2) is 54.6 Å². The maximum absolute atomic E-state index is 14.3. The van der Waals surface area contributed by atoms with Crippen LogP contribution in [-0.2, 0) is 4.57 Å². The summed E-state index contributed by atoms with van der Waals surface area (Å²) in [5.74, 6) is 0.165. The Morgan fingerprint density at radius 2 is 1.05 bits per heavy atom. The molecule has 3 N–H and O–H groups in total. The van der Waals surface area contributed by atoms with E-state index in [1.807, 2.05) is 6.07 Å². The molecule has 0 aliphatic carbocycles. The number of ether oxygens (including phenoxy) is 1. The van der Waals surface area contributed by atoms with Crippen molar-refractivity contribution in [2.45, 2.75) is 96.8 Å². The molecule has 10 heteroatoms. The van der Waals surface area contributed by atoms with Gasteiger partial charge < -0.3 is 20.0 Å². The van der Waals surface area contributed by atoms with Gasteiger partial charge in [-0.1, -0.05) is 155 Å². The van der Waals surface area contributed by atoms with Crippen LogP contribution in [0.1, 0.15) is 96.8 Å². The highest BCUT2D eigenvalue weighted by molar-refractivity contribution is 7.74. The zero-order chi connectivity index (χ0) is 31.8. The van der Waals surface area contributed by atoms with Crippen molar-refractivity contribution in [3.63, 3.8) is 0 Å². The molecule has 242 valence electrons. The molecule has 0 heterocycles. The Balaban J connectivity index is 1.47. The van der Waals surface area contributed by atoms with Crippen molar-refractivity contribution in [1.29, 1.82) is 0 Å². The fourth-order valence-corrected chi connectivity index (χ4v) is 8.00. The highest BCUT2D eigenvalue weighted by Crippen LogP contribution is 2.48. The molecule has 3 aromatic rings. The van der Waals surface area contributed by atoms with Crippen molar-refractivity contribution in [1.82, 2.24) is 0 Å². The van der Waals surface area contributed by atoms with Crippen LogP contribution in [0.3, 0.4) is 0 Å². The standard InChI is InChI=1S/C34H45Cl4N2O3P/c1-2-3-4-5-6-7-8-9-10-11-12-13-14-18-21-43-34-31(37)24-27(25-32(34)38)40-44(42,28-19-16-15-17-20-28)39-26-22-29(35)33(41)30(36)23-26/h15-17,19-20,22-25,41H,2-14,18,21H2,1H3,(H2,39,40,42). The lowest BCUT2D eigenvalue weighted by Gasteiger charge is -2.24. The minimum atomic E-state index is -3.54. The summed E-state index contributed by atoms with van der Waals surface area (Å²) in [5, 5.41) is 17.2. The normalized spacial score (nSPS) is 12.6. The van der Waals surface area contributed by atoms with Crippen molar-refractivity contribution in [2.75, 3.05) is 16.8 Å². The molecular formula is C34H45Cl4N2O3P. The fourth-order valence-electron chi connectivity index (χ4n) is 5.02. The van der Waals surface area contributed by atoms with Gasteiger partial charge in [0.25, 0.3) is 7.44 Å². The van der Waals surface area contributed by atoms with Crippen LogP contribution in [0.4, 0.5) is 11.4 Å². The van der Waals surface area contributed by atoms with Crippen molar-refractivity contribution >= 4 is 70.5 Å². The molecule has 3 aromatic carbocycles. The lowest BCUT2D eigenvalue weighted by molar-refractivity contribution is 0.304. The van der Waals surface area contributed by atoms with E-state index in [0.717, 1.165) is 12.8 Å². The van der Waals surface area contributed by atoms with E-state index in [1.54, 1.807) is 36.4 Å². The number of phenolic OH excluding ortho intramolecular Hbond substituents is 1. The topological polar surface area (TPSA) is 70.6 Å². The first kappa shape index (κ1) is 36.7. The second-order valence-electron chi connectivity index (χ2n) is 11.2. The summed E-state index contributed by atoms with van der Waals surface area (Å²) >= 11 is 25.3. The average Bonchev–Trinajstić information content (AvgIpc) is 2.99. The number of unbranched alkanes of at least 4 members (excludes halogenated alkanes) is 13. The molecular weight excluding hydrogens is 657 g/mol.